The average Bonchev–Trinajstić information content (AvgIpc) is 2.44. The molecule has 1 rings (SSSR count). The summed E-state index contributed by atoms with van der Waals surface area (Å²) in [6, 6.07) is 6.78. The number of ether oxygens (including phenoxy) is 1. The minimum atomic E-state index is -4.39. The highest BCUT2D eigenvalue weighted by atomic mass is 19.4. The summed E-state index contributed by atoms with van der Waals surface area (Å²) in [5.41, 5.74) is 1.05. The second-order valence-electron chi connectivity index (χ2n) is 4.61. The molecule has 1 aromatic rings. The Kier molecular flexibility index (Phi) is 6.48. The Morgan fingerprint density at radius 3 is 2.43 bits per heavy atom. The van der Waals surface area contributed by atoms with Crippen molar-refractivity contribution in [3.8, 4) is 5.75 Å². The van der Waals surface area contributed by atoms with Crippen LogP contribution < -0.4 is 15.4 Å². The number of nitrogens with one attached hydrogen (secondary N) is 2. The van der Waals surface area contributed by atoms with Gasteiger partial charge >= 0.3 is 6.18 Å². The third-order valence-electron chi connectivity index (χ3n) is 2.88. The molecule has 0 spiro atoms. The van der Waals surface area contributed by atoms with E-state index in [0.29, 0.717) is 13.0 Å². The molecule has 21 heavy (non-hydrogen) atoms. The number of hydrogen-bond acceptors (Lipinski definition) is 3. The molecule has 2 N–H and O–H groups in total. The molecule has 0 aliphatic heterocycles. The topological polar surface area (TPSA) is 50.4 Å². The van der Waals surface area contributed by atoms with Gasteiger partial charge in [0, 0.05) is 0 Å². The van der Waals surface area contributed by atoms with E-state index in [0.717, 1.165) is 11.3 Å². The zero-order valence-corrected chi connectivity index (χ0v) is 12.0. The maximum atomic E-state index is 12.0. The third-order valence-corrected chi connectivity index (χ3v) is 2.88. The van der Waals surface area contributed by atoms with E-state index in [4.69, 9.17) is 4.74 Å². The van der Waals surface area contributed by atoms with Crippen LogP contribution in [-0.4, -0.2) is 38.3 Å². The molecule has 0 aromatic heterocycles. The summed E-state index contributed by atoms with van der Waals surface area (Å²) in [5.74, 6) is 0.0914. The van der Waals surface area contributed by atoms with E-state index in [2.05, 4.69) is 5.32 Å². The Labute approximate surface area is 121 Å². The lowest BCUT2D eigenvalue weighted by molar-refractivity contribution is -0.139. The van der Waals surface area contributed by atoms with E-state index in [1.807, 2.05) is 29.6 Å². The number of methoxy groups -OCH3 is 1. The maximum Gasteiger partial charge on any atom is 0.405 e. The van der Waals surface area contributed by atoms with Crippen molar-refractivity contribution in [2.45, 2.75) is 25.6 Å². The fourth-order valence-electron chi connectivity index (χ4n) is 1.66. The van der Waals surface area contributed by atoms with Crippen LogP contribution in [0.15, 0.2) is 24.3 Å². The van der Waals surface area contributed by atoms with E-state index in [1.54, 1.807) is 7.11 Å². The molecule has 0 aliphatic rings. The number of halogens is 3. The molecule has 0 aliphatic carbocycles. The fourth-order valence-corrected chi connectivity index (χ4v) is 1.66. The molecule has 0 heterocycles. The van der Waals surface area contributed by atoms with Gasteiger partial charge in [-0.2, -0.15) is 13.2 Å². The van der Waals surface area contributed by atoms with Crippen LogP contribution in [0, 0.1) is 0 Å². The summed E-state index contributed by atoms with van der Waals surface area (Å²) >= 11 is 0. The van der Waals surface area contributed by atoms with Gasteiger partial charge in [-0.25, -0.2) is 0 Å². The van der Waals surface area contributed by atoms with Crippen LogP contribution in [0.25, 0.3) is 0 Å². The fraction of sp³-hybridized carbons (Fsp3) is 0.500. The monoisotopic (exact) mass is 304 g/mol. The number of hydrogen-bond donors (Lipinski definition) is 2. The van der Waals surface area contributed by atoms with E-state index in [1.165, 1.54) is 6.92 Å². The lowest BCUT2D eigenvalue weighted by Crippen LogP contribution is -2.45. The first kappa shape index (κ1) is 17.3. The van der Waals surface area contributed by atoms with E-state index >= 15 is 0 Å². The zero-order chi connectivity index (χ0) is 15.9. The van der Waals surface area contributed by atoms with Crippen molar-refractivity contribution in [2.75, 3.05) is 20.2 Å². The van der Waals surface area contributed by atoms with Crippen LogP contribution in [0.1, 0.15) is 12.5 Å². The van der Waals surface area contributed by atoms with Crippen molar-refractivity contribution in [2.24, 2.45) is 0 Å². The molecule has 0 saturated carbocycles. The maximum absolute atomic E-state index is 12.0. The lowest BCUT2D eigenvalue weighted by atomic mass is 10.1. The van der Waals surface area contributed by atoms with Gasteiger partial charge in [0.1, 0.15) is 12.3 Å². The summed E-state index contributed by atoms with van der Waals surface area (Å²) in [4.78, 5) is 11.4. The van der Waals surface area contributed by atoms with Crippen molar-refractivity contribution >= 4 is 5.91 Å². The van der Waals surface area contributed by atoms with Gasteiger partial charge in [-0.15, -0.1) is 0 Å². The van der Waals surface area contributed by atoms with Crippen LogP contribution in [0.5, 0.6) is 5.75 Å². The molecule has 0 bridgehead atoms. The first-order chi connectivity index (χ1) is 9.81. The zero-order valence-electron chi connectivity index (χ0n) is 12.0. The van der Waals surface area contributed by atoms with Gasteiger partial charge in [-0.3, -0.25) is 4.79 Å². The number of alkyl halides is 3. The van der Waals surface area contributed by atoms with Gasteiger partial charge in [0.15, 0.2) is 0 Å². The second-order valence-corrected chi connectivity index (χ2v) is 4.61. The van der Waals surface area contributed by atoms with Gasteiger partial charge in [0.2, 0.25) is 5.91 Å². The van der Waals surface area contributed by atoms with Crippen molar-refractivity contribution in [1.82, 2.24) is 10.6 Å². The molecule has 118 valence electrons. The number of carbonyl (C=O) groups excluding carboxylic acids is 1. The minimum Gasteiger partial charge on any atom is -0.497 e. The number of carbonyl (C=O) groups is 1. The summed E-state index contributed by atoms with van der Waals surface area (Å²) in [7, 11) is 1.58. The predicted molar refractivity (Wildman–Crippen MR) is 73.2 cm³/mol. The quantitative estimate of drug-likeness (QED) is 0.809. The summed E-state index contributed by atoms with van der Waals surface area (Å²) < 4.78 is 40.9. The van der Waals surface area contributed by atoms with Gasteiger partial charge < -0.3 is 15.4 Å². The first-order valence-electron chi connectivity index (χ1n) is 6.52. The van der Waals surface area contributed by atoms with Crippen LogP contribution in [-0.2, 0) is 11.2 Å². The number of amides is 1. The Hall–Kier alpha value is -1.76. The Morgan fingerprint density at radius 2 is 1.90 bits per heavy atom. The second kappa shape index (κ2) is 7.87. The number of benzene rings is 1. The summed E-state index contributed by atoms with van der Waals surface area (Å²) in [6.07, 6.45) is -3.72. The van der Waals surface area contributed by atoms with E-state index < -0.39 is 24.7 Å². The molecule has 0 saturated heterocycles. The molecule has 0 radical (unpaired) electrons. The summed E-state index contributed by atoms with van der Waals surface area (Å²) in [5, 5.41) is 4.73. The largest absolute Gasteiger partial charge is 0.497 e. The van der Waals surface area contributed by atoms with Crippen LogP contribution in [0.3, 0.4) is 0 Å². The number of rotatable bonds is 7. The molecule has 0 fully saturated rings. The summed E-state index contributed by atoms with van der Waals surface area (Å²) in [6.45, 7) is 0.711. The minimum absolute atomic E-state index is 0.493. The van der Waals surface area contributed by atoms with Gasteiger partial charge in [-0.1, -0.05) is 12.1 Å². The highest BCUT2D eigenvalue weighted by Crippen LogP contribution is 2.12. The standard InChI is InChI=1S/C14H19F3N2O2/c1-10(13(20)19-9-14(15,16)17)18-8-7-11-3-5-12(21-2)6-4-11/h3-6,10,18H,7-9H2,1-2H3,(H,19,20). The van der Waals surface area contributed by atoms with Crippen molar-refractivity contribution < 1.29 is 22.7 Å². The Balaban J connectivity index is 2.28. The van der Waals surface area contributed by atoms with E-state index in [9.17, 15) is 18.0 Å². The molecule has 7 heteroatoms. The van der Waals surface area contributed by atoms with Gasteiger partial charge in [0.05, 0.1) is 13.2 Å². The van der Waals surface area contributed by atoms with Gasteiger partial charge in [-0.05, 0) is 37.6 Å². The van der Waals surface area contributed by atoms with Gasteiger partial charge in [0.25, 0.3) is 0 Å². The Morgan fingerprint density at radius 1 is 1.29 bits per heavy atom. The smallest absolute Gasteiger partial charge is 0.405 e. The van der Waals surface area contributed by atoms with Crippen LogP contribution in [0.2, 0.25) is 0 Å². The highest BCUT2D eigenvalue weighted by molar-refractivity contribution is 5.81. The van der Waals surface area contributed by atoms with Crippen molar-refractivity contribution in [3.63, 3.8) is 0 Å². The van der Waals surface area contributed by atoms with E-state index in [-0.39, 0.29) is 0 Å². The highest BCUT2D eigenvalue weighted by Gasteiger charge is 2.28. The predicted octanol–water partition coefficient (Wildman–Crippen LogP) is 1.89. The van der Waals surface area contributed by atoms with Crippen molar-refractivity contribution in [1.29, 1.82) is 0 Å². The normalized spacial score (nSPS) is 12.8. The molecule has 4 nitrogen and oxygen atoms in total. The SMILES string of the molecule is COc1ccc(CCNC(C)C(=O)NCC(F)(F)F)cc1. The molecule has 1 aromatic carbocycles. The molecule has 1 amide bonds. The lowest BCUT2D eigenvalue weighted by Gasteiger charge is -2.15. The molecule has 1 unspecified atom stereocenters. The Bertz CT molecular complexity index is 447. The molecular weight excluding hydrogens is 285 g/mol. The third kappa shape index (κ3) is 6.99. The molecule has 1 atom stereocenters. The molecular formula is C14H19F3N2O2. The van der Waals surface area contributed by atoms with Crippen molar-refractivity contribution in [3.05, 3.63) is 29.8 Å². The van der Waals surface area contributed by atoms with Crippen LogP contribution >= 0.6 is 0 Å². The van der Waals surface area contributed by atoms with Crippen LogP contribution in [0.4, 0.5) is 13.2 Å². The first-order valence-corrected chi connectivity index (χ1v) is 6.52. The average molecular weight is 304 g/mol.